The second-order valence-corrected chi connectivity index (χ2v) is 6.52. The van der Waals surface area contributed by atoms with Gasteiger partial charge in [-0.05, 0) is 36.1 Å². The first-order chi connectivity index (χ1) is 12.5. The fourth-order valence-corrected chi connectivity index (χ4v) is 2.49. The Labute approximate surface area is 154 Å². The molecule has 0 unspecified atom stereocenters. The second kappa shape index (κ2) is 9.73. The Kier molecular flexibility index (Phi) is 7.36. The highest BCUT2D eigenvalue weighted by Crippen LogP contribution is 2.17. The van der Waals surface area contributed by atoms with Gasteiger partial charge in [0.05, 0.1) is 6.04 Å². The van der Waals surface area contributed by atoms with Crippen molar-refractivity contribution in [2.75, 3.05) is 18.5 Å². The molecule has 0 aliphatic rings. The summed E-state index contributed by atoms with van der Waals surface area (Å²) in [7, 11) is 0. The molecule has 2 N–H and O–H groups in total. The predicted octanol–water partition coefficient (Wildman–Crippen LogP) is 3.64. The van der Waals surface area contributed by atoms with Gasteiger partial charge in [-0.15, -0.1) is 0 Å². The van der Waals surface area contributed by atoms with Crippen molar-refractivity contribution in [1.82, 2.24) is 5.32 Å². The molecule has 0 aliphatic carbocycles. The zero-order valence-electron chi connectivity index (χ0n) is 15.5. The van der Waals surface area contributed by atoms with Gasteiger partial charge >= 0.3 is 0 Å². The van der Waals surface area contributed by atoms with Crippen LogP contribution in [0.4, 0.5) is 5.69 Å². The molecule has 0 aromatic heterocycles. The Morgan fingerprint density at radius 3 is 2.08 bits per heavy atom. The van der Waals surface area contributed by atoms with E-state index in [-0.39, 0.29) is 31.1 Å². The Bertz CT molecular complexity index is 712. The van der Waals surface area contributed by atoms with Crippen molar-refractivity contribution < 1.29 is 14.3 Å². The van der Waals surface area contributed by atoms with Crippen LogP contribution < -0.4 is 10.6 Å². The van der Waals surface area contributed by atoms with Crippen LogP contribution in [0.5, 0.6) is 0 Å². The van der Waals surface area contributed by atoms with Crippen molar-refractivity contribution in [1.29, 1.82) is 0 Å². The van der Waals surface area contributed by atoms with E-state index in [1.165, 1.54) is 5.56 Å². The van der Waals surface area contributed by atoms with Crippen LogP contribution in [0.3, 0.4) is 0 Å². The van der Waals surface area contributed by atoms with Gasteiger partial charge in [-0.25, -0.2) is 0 Å². The largest absolute Gasteiger partial charge is 0.362 e. The number of rotatable bonds is 8. The first-order valence-corrected chi connectivity index (χ1v) is 8.77. The average Bonchev–Trinajstić information content (AvgIpc) is 2.62. The first-order valence-electron chi connectivity index (χ1n) is 8.77. The number of hydrogen-bond donors (Lipinski definition) is 2. The molecule has 0 bridgehead atoms. The van der Waals surface area contributed by atoms with Gasteiger partial charge in [0, 0.05) is 5.69 Å². The second-order valence-electron chi connectivity index (χ2n) is 6.52. The highest BCUT2D eigenvalue weighted by Gasteiger charge is 2.10. The minimum atomic E-state index is -0.286. The summed E-state index contributed by atoms with van der Waals surface area (Å²) in [6.07, 6.45) is 0. The van der Waals surface area contributed by atoms with Crippen LogP contribution in [0, 0.1) is 0 Å². The van der Waals surface area contributed by atoms with Crippen LogP contribution in [0.2, 0.25) is 0 Å². The topological polar surface area (TPSA) is 67.4 Å². The third-order valence-corrected chi connectivity index (χ3v) is 4.00. The van der Waals surface area contributed by atoms with Crippen LogP contribution in [0.1, 0.15) is 43.9 Å². The van der Waals surface area contributed by atoms with Crippen LogP contribution in [0.15, 0.2) is 54.6 Å². The molecule has 0 fully saturated rings. The molecule has 2 amide bonds. The van der Waals surface area contributed by atoms with E-state index in [4.69, 9.17) is 4.74 Å². The molecule has 26 heavy (non-hydrogen) atoms. The molecule has 138 valence electrons. The van der Waals surface area contributed by atoms with E-state index < -0.39 is 0 Å². The molecule has 2 rings (SSSR count). The third kappa shape index (κ3) is 6.33. The van der Waals surface area contributed by atoms with Gasteiger partial charge in [-0.1, -0.05) is 56.3 Å². The maximum absolute atomic E-state index is 11.9. The van der Waals surface area contributed by atoms with Crippen molar-refractivity contribution in [3.05, 3.63) is 65.7 Å². The molecule has 0 heterocycles. The zero-order valence-corrected chi connectivity index (χ0v) is 15.5. The Morgan fingerprint density at radius 2 is 1.46 bits per heavy atom. The van der Waals surface area contributed by atoms with Crippen LogP contribution in [-0.4, -0.2) is 25.0 Å². The number of benzene rings is 2. The van der Waals surface area contributed by atoms with Crippen LogP contribution in [-0.2, 0) is 14.3 Å². The van der Waals surface area contributed by atoms with E-state index in [0.29, 0.717) is 11.6 Å². The first kappa shape index (κ1) is 19.7. The molecule has 0 radical (unpaired) electrons. The number of nitrogens with one attached hydrogen (secondary N) is 2. The highest BCUT2D eigenvalue weighted by atomic mass is 16.5. The molecular formula is C21H26N2O3. The molecule has 5 heteroatoms. The van der Waals surface area contributed by atoms with E-state index in [9.17, 15) is 9.59 Å². The lowest BCUT2D eigenvalue weighted by molar-refractivity contribution is -0.129. The summed E-state index contributed by atoms with van der Waals surface area (Å²) in [5.41, 5.74) is 2.94. The molecule has 0 aliphatic heterocycles. The molecule has 2 aromatic carbocycles. The quantitative estimate of drug-likeness (QED) is 0.760. The van der Waals surface area contributed by atoms with Gasteiger partial charge in [0.25, 0.3) is 0 Å². The van der Waals surface area contributed by atoms with Crippen LogP contribution in [0.25, 0.3) is 0 Å². The number of hydrogen-bond acceptors (Lipinski definition) is 3. The summed E-state index contributed by atoms with van der Waals surface area (Å²) in [6.45, 7) is 5.81. The van der Waals surface area contributed by atoms with Crippen LogP contribution >= 0.6 is 0 Å². The zero-order chi connectivity index (χ0) is 18.9. The summed E-state index contributed by atoms with van der Waals surface area (Å²) >= 11 is 0. The summed E-state index contributed by atoms with van der Waals surface area (Å²) in [5, 5.41) is 5.59. The van der Waals surface area contributed by atoms with Crippen molar-refractivity contribution in [2.24, 2.45) is 0 Å². The highest BCUT2D eigenvalue weighted by molar-refractivity contribution is 5.91. The van der Waals surface area contributed by atoms with E-state index >= 15 is 0 Å². The molecule has 1 atom stereocenters. The molecule has 2 aromatic rings. The van der Waals surface area contributed by atoms with Gasteiger partial charge in [0.1, 0.15) is 13.2 Å². The minimum absolute atomic E-state index is 0.111. The monoisotopic (exact) mass is 354 g/mol. The number of anilines is 1. The van der Waals surface area contributed by atoms with E-state index in [1.807, 2.05) is 61.5 Å². The SMILES string of the molecule is CC(C)c1ccc(NC(=O)COCC(=O)N[C@H](C)c2ccccc2)cc1. The van der Waals surface area contributed by atoms with Gasteiger partial charge < -0.3 is 15.4 Å². The summed E-state index contributed by atoms with van der Waals surface area (Å²) in [4.78, 5) is 23.8. The smallest absolute Gasteiger partial charge is 0.250 e. The van der Waals surface area contributed by atoms with E-state index in [1.54, 1.807) is 0 Å². The minimum Gasteiger partial charge on any atom is -0.362 e. The van der Waals surface area contributed by atoms with Gasteiger partial charge in [0.15, 0.2) is 0 Å². The third-order valence-electron chi connectivity index (χ3n) is 4.00. The normalized spacial score (nSPS) is 11.8. The number of carbonyl (C=O) groups is 2. The molecule has 0 spiro atoms. The number of ether oxygens (including phenoxy) is 1. The maximum atomic E-state index is 11.9. The van der Waals surface area contributed by atoms with Crippen molar-refractivity contribution in [3.8, 4) is 0 Å². The van der Waals surface area contributed by atoms with Gasteiger partial charge in [0.2, 0.25) is 11.8 Å². The number of carbonyl (C=O) groups excluding carboxylic acids is 2. The molecule has 0 saturated heterocycles. The summed E-state index contributed by atoms with van der Waals surface area (Å²) < 4.78 is 5.20. The Balaban J connectivity index is 1.70. The Morgan fingerprint density at radius 1 is 0.846 bits per heavy atom. The molecular weight excluding hydrogens is 328 g/mol. The molecule has 0 saturated carbocycles. The van der Waals surface area contributed by atoms with E-state index in [0.717, 1.165) is 5.56 Å². The lowest BCUT2D eigenvalue weighted by Gasteiger charge is -2.14. The molecule has 5 nitrogen and oxygen atoms in total. The lowest BCUT2D eigenvalue weighted by atomic mass is 10.0. The van der Waals surface area contributed by atoms with Gasteiger partial charge in [-0.2, -0.15) is 0 Å². The fourth-order valence-electron chi connectivity index (χ4n) is 2.49. The summed E-state index contributed by atoms with van der Waals surface area (Å²) in [6, 6.07) is 17.3. The van der Waals surface area contributed by atoms with Crippen molar-refractivity contribution in [3.63, 3.8) is 0 Å². The van der Waals surface area contributed by atoms with Gasteiger partial charge in [-0.3, -0.25) is 9.59 Å². The standard InChI is InChI=1S/C21H26N2O3/c1-15(2)17-9-11-19(12-10-17)23-21(25)14-26-13-20(24)22-16(3)18-7-5-4-6-8-18/h4-12,15-16H,13-14H2,1-3H3,(H,22,24)(H,23,25)/t16-/m1/s1. The maximum Gasteiger partial charge on any atom is 0.250 e. The van der Waals surface area contributed by atoms with Crippen molar-refractivity contribution >= 4 is 17.5 Å². The lowest BCUT2D eigenvalue weighted by Crippen LogP contribution is -2.31. The fraction of sp³-hybridized carbons (Fsp3) is 0.333. The Hall–Kier alpha value is -2.66. The van der Waals surface area contributed by atoms with Crippen molar-refractivity contribution in [2.45, 2.75) is 32.7 Å². The summed E-state index contributed by atoms with van der Waals surface area (Å²) in [5.74, 6) is -0.0958. The number of amides is 2. The average molecular weight is 354 g/mol. The van der Waals surface area contributed by atoms with E-state index in [2.05, 4.69) is 24.5 Å². The predicted molar refractivity (Wildman–Crippen MR) is 103 cm³/mol.